The molecule has 1 N–H and O–H groups in total. The highest BCUT2D eigenvalue weighted by Gasteiger charge is 2.25. The molecule has 0 amide bonds. The summed E-state index contributed by atoms with van der Waals surface area (Å²) in [6.07, 6.45) is 0. The molecule has 1 atom stereocenters. The van der Waals surface area contributed by atoms with E-state index in [2.05, 4.69) is 52.7 Å². The number of nitrogens with one attached hydrogen (secondary N) is 1. The Kier molecular flexibility index (Phi) is 4.36. The predicted molar refractivity (Wildman–Crippen MR) is 99.6 cm³/mol. The van der Waals surface area contributed by atoms with E-state index in [1.807, 2.05) is 23.5 Å². The first-order valence-corrected chi connectivity index (χ1v) is 9.19. The average molecular weight is 343 g/mol. The molecular formula is C19H19ClN2S. The van der Waals surface area contributed by atoms with Gasteiger partial charge in [-0.2, -0.15) is 0 Å². The van der Waals surface area contributed by atoms with Gasteiger partial charge in [0, 0.05) is 40.8 Å². The third-order valence-electron chi connectivity index (χ3n) is 4.42. The number of hydrogen-bond donors (Lipinski definition) is 1. The molecule has 1 aromatic heterocycles. The Balaban J connectivity index is 1.78. The number of benzene rings is 2. The van der Waals surface area contributed by atoms with Crippen LogP contribution in [-0.2, 0) is 0 Å². The van der Waals surface area contributed by atoms with Crippen LogP contribution < -0.4 is 5.32 Å². The van der Waals surface area contributed by atoms with E-state index in [1.165, 1.54) is 20.5 Å². The molecule has 0 radical (unpaired) electrons. The van der Waals surface area contributed by atoms with Crippen molar-refractivity contribution in [2.24, 2.45) is 0 Å². The van der Waals surface area contributed by atoms with Crippen LogP contribution in [0.4, 0.5) is 0 Å². The average Bonchev–Trinajstić information content (AvgIpc) is 3.01. The standard InChI is InChI=1S/C19H19ClN2S/c20-16-7-5-14(6-8-16)19(22-11-9-21-10-12-22)18-13-15-3-1-2-4-17(15)23-18/h1-8,13,19,21H,9-12H2. The topological polar surface area (TPSA) is 15.3 Å². The minimum absolute atomic E-state index is 0.312. The molecule has 23 heavy (non-hydrogen) atoms. The van der Waals surface area contributed by atoms with Gasteiger partial charge in [0.25, 0.3) is 0 Å². The van der Waals surface area contributed by atoms with Crippen LogP contribution in [0.15, 0.2) is 54.6 Å². The Morgan fingerprint density at radius 1 is 1.00 bits per heavy atom. The fraction of sp³-hybridized carbons (Fsp3) is 0.263. The van der Waals surface area contributed by atoms with Gasteiger partial charge in [-0.1, -0.05) is 41.9 Å². The van der Waals surface area contributed by atoms with E-state index in [9.17, 15) is 0 Å². The Hall–Kier alpha value is -1.39. The van der Waals surface area contributed by atoms with Crippen molar-refractivity contribution in [3.63, 3.8) is 0 Å². The van der Waals surface area contributed by atoms with E-state index in [0.29, 0.717) is 6.04 Å². The molecule has 0 bridgehead atoms. The van der Waals surface area contributed by atoms with Gasteiger partial charge in [0.05, 0.1) is 6.04 Å². The molecule has 1 aliphatic heterocycles. The van der Waals surface area contributed by atoms with Crippen molar-refractivity contribution in [2.75, 3.05) is 26.2 Å². The van der Waals surface area contributed by atoms with E-state index in [1.54, 1.807) is 0 Å². The number of halogens is 1. The van der Waals surface area contributed by atoms with Crippen LogP contribution in [-0.4, -0.2) is 31.1 Å². The lowest BCUT2D eigenvalue weighted by Crippen LogP contribution is -2.45. The van der Waals surface area contributed by atoms with Crippen molar-refractivity contribution in [2.45, 2.75) is 6.04 Å². The molecule has 1 fully saturated rings. The number of nitrogens with zero attached hydrogens (tertiary/aromatic N) is 1. The summed E-state index contributed by atoms with van der Waals surface area (Å²) in [5.74, 6) is 0. The molecular weight excluding hydrogens is 324 g/mol. The lowest BCUT2D eigenvalue weighted by Gasteiger charge is -2.34. The summed E-state index contributed by atoms with van der Waals surface area (Å²) in [5, 5.41) is 5.58. The lowest BCUT2D eigenvalue weighted by molar-refractivity contribution is 0.201. The van der Waals surface area contributed by atoms with Crippen LogP contribution in [0, 0.1) is 0 Å². The summed E-state index contributed by atoms with van der Waals surface area (Å²) in [5.41, 5.74) is 1.32. The van der Waals surface area contributed by atoms with E-state index in [4.69, 9.17) is 11.6 Å². The van der Waals surface area contributed by atoms with E-state index in [-0.39, 0.29) is 0 Å². The number of hydrogen-bond acceptors (Lipinski definition) is 3. The number of thiophene rings is 1. The molecule has 0 spiro atoms. The van der Waals surface area contributed by atoms with E-state index >= 15 is 0 Å². The largest absolute Gasteiger partial charge is 0.314 e. The summed E-state index contributed by atoms with van der Waals surface area (Å²) < 4.78 is 1.36. The Morgan fingerprint density at radius 2 is 1.74 bits per heavy atom. The molecule has 4 rings (SSSR count). The monoisotopic (exact) mass is 342 g/mol. The van der Waals surface area contributed by atoms with Crippen LogP contribution in [0.3, 0.4) is 0 Å². The second-order valence-corrected chi connectivity index (χ2v) is 7.48. The molecule has 1 saturated heterocycles. The second-order valence-electron chi connectivity index (χ2n) is 5.93. The van der Waals surface area contributed by atoms with Gasteiger partial charge >= 0.3 is 0 Å². The third kappa shape index (κ3) is 3.15. The number of rotatable bonds is 3. The number of fused-ring (bicyclic) bond motifs is 1. The van der Waals surface area contributed by atoms with Crippen molar-refractivity contribution in [3.05, 3.63) is 70.1 Å². The van der Waals surface area contributed by atoms with Gasteiger partial charge < -0.3 is 5.32 Å². The highest BCUT2D eigenvalue weighted by molar-refractivity contribution is 7.19. The Labute approximate surface area is 145 Å². The summed E-state index contributed by atoms with van der Waals surface area (Å²) in [6, 6.07) is 19.6. The van der Waals surface area contributed by atoms with Crippen LogP contribution in [0.1, 0.15) is 16.5 Å². The van der Waals surface area contributed by atoms with Crippen molar-refractivity contribution >= 4 is 33.0 Å². The minimum Gasteiger partial charge on any atom is -0.314 e. The molecule has 3 aromatic rings. The van der Waals surface area contributed by atoms with E-state index in [0.717, 1.165) is 31.2 Å². The summed E-state index contributed by atoms with van der Waals surface area (Å²) >= 11 is 7.99. The normalized spacial score (nSPS) is 17.4. The maximum Gasteiger partial charge on any atom is 0.0697 e. The fourth-order valence-electron chi connectivity index (χ4n) is 3.28. The quantitative estimate of drug-likeness (QED) is 0.751. The van der Waals surface area contributed by atoms with Crippen LogP contribution in [0.5, 0.6) is 0 Å². The molecule has 118 valence electrons. The lowest BCUT2D eigenvalue weighted by atomic mass is 10.0. The molecule has 2 aromatic carbocycles. The van der Waals surface area contributed by atoms with Gasteiger partial charge in [0.1, 0.15) is 0 Å². The first-order valence-electron chi connectivity index (χ1n) is 8.00. The van der Waals surface area contributed by atoms with Crippen molar-refractivity contribution in [1.29, 1.82) is 0 Å². The minimum atomic E-state index is 0.312. The Morgan fingerprint density at radius 3 is 2.48 bits per heavy atom. The molecule has 1 unspecified atom stereocenters. The van der Waals surface area contributed by atoms with Crippen molar-refractivity contribution in [1.82, 2.24) is 10.2 Å². The zero-order valence-corrected chi connectivity index (χ0v) is 14.4. The number of piperazine rings is 1. The highest BCUT2D eigenvalue weighted by Crippen LogP contribution is 2.37. The summed E-state index contributed by atoms with van der Waals surface area (Å²) in [6.45, 7) is 4.24. The van der Waals surface area contributed by atoms with Gasteiger partial charge in [0.2, 0.25) is 0 Å². The van der Waals surface area contributed by atoms with Gasteiger partial charge in [0.15, 0.2) is 0 Å². The maximum absolute atomic E-state index is 6.09. The second kappa shape index (κ2) is 6.62. The van der Waals surface area contributed by atoms with Gasteiger partial charge in [-0.25, -0.2) is 0 Å². The van der Waals surface area contributed by atoms with Gasteiger partial charge in [-0.15, -0.1) is 11.3 Å². The zero-order valence-electron chi connectivity index (χ0n) is 12.8. The molecule has 0 aliphatic carbocycles. The van der Waals surface area contributed by atoms with Crippen LogP contribution in [0.2, 0.25) is 5.02 Å². The van der Waals surface area contributed by atoms with Crippen molar-refractivity contribution < 1.29 is 0 Å². The zero-order chi connectivity index (χ0) is 15.6. The van der Waals surface area contributed by atoms with Gasteiger partial charge in [-0.3, -0.25) is 4.90 Å². The first kappa shape index (κ1) is 15.2. The molecule has 1 aliphatic rings. The SMILES string of the molecule is Clc1ccc(C(c2cc3ccccc3s2)N2CCNCC2)cc1. The summed E-state index contributed by atoms with van der Waals surface area (Å²) in [4.78, 5) is 3.99. The summed E-state index contributed by atoms with van der Waals surface area (Å²) in [7, 11) is 0. The Bertz CT molecular complexity index is 757. The molecule has 2 nitrogen and oxygen atoms in total. The van der Waals surface area contributed by atoms with Crippen molar-refractivity contribution in [3.8, 4) is 0 Å². The maximum atomic E-state index is 6.09. The van der Waals surface area contributed by atoms with Gasteiger partial charge in [-0.05, 0) is 35.2 Å². The third-order valence-corrected chi connectivity index (χ3v) is 5.84. The predicted octanol–water partition coefficient (Wildman–Crippen LogP) is 4.55. The molecule has 2 heterocycles. The molecule has 0 saturated carbocycles. The molecule has 4 heteroatoms. The van der Waals surface area contributed by atoms with E-state index < -0.39 is 0 Å². The smallest absolute Gasteiger partial charge is 0.0697 e. The fourth-order valence-corrected chi connectivity index (χ4v) is 4.63. The van der Waals surface area contributed by atoms with Crippen LogP contribution >= 0.6 is 22.9 Å². The highest BCUT2D eigenvalue weighted by atomic mass is 35.5. The van der Waals surface area contributed by atoms with Crippen LogP contribution in [0.25, 0.3) is 10.1 Å². The first-order chi connectivity index (χ1) is 11.3.